The lowest BCUT2D eigenvalue weighted by atomic mass is 9.46. The van der Waals surface area contributed by atoms with Gasteiger partial charge in [-0.15, -0.1) is 0 Å². The molecule has 2 aromatic rings. The van der Waals surface area contributed by atoms with Crippen molar-refractivity contribution >= 4 is 11.6 Å². The highest BCUT2D eigenvalue weighted by Crippen LogP contribution is 2.66. The van der Waals surface area contributed by atoms with Gasteiger partial charge in [0.2, 0.25) is 5.91 Å². The lowest BCUT2D eigenvalue weighted by molar-refractivity contribution is -0.134. The van der Waals surface area contributed by atoms with Crippen molar-refractivity contribution in [1.29, 1.82) is 0 Å². The number of anilines is 1. The van der Waals surface area contributed by atoms with E-state index in [9.17, 15) is 9.90 Å². The maximum atomic E-state index is 12.8. The van der Waals surface area contributed by atoms with Gasteiger partial charge in [0.1, 0.15) is 6.10 Å². The number of carbonyl (C=O) groups excluding carboxylic acids is 1. The second-order valence-corrected chi connectivity index (χ2v) is 11.4. The van der Waals surface area contributed by atoms with Crippen molar-refractivity contribution in [3.05, 3.63) is 47.8 Å². The molecule has 1 aromatic heterocycles. The SMILES string of the molecule is CC(=O)N[C@@]12CCC(N(C)c3ccncc3)C3Oc4c(O)ccc5c4[C@@]31CCN(CC1CC1)[C@@H]2C5. The van der Waals surface area contributed by atoms with Crippen molar-refractivity contribution in [3.63, 3.8) is 0 Å². The van der Waals surface area contributed by atoms with Gasteiger partial charge in [0, 0.05) is 50.2 Å². The first kappa shape index (κ1) is 21.5. The third-order valence-corrected chi connectivity index (χ3v) is 9.75. The van der Waals surface area contributed by atoms with Crippen LogP contribution in [0.2, 0.25) is 0 Å². The molecule has 1 amide bonds. The summed E-state index contributed by atoms with van der Waals surface area (Å²) in [5.41, 5.74) is 2.77. The van der Waals surface area contributed by atoms with Crippen LogP contribution in [0.25, 0.3) is 0 Å². The Morgan fingerprint density at radius 2 is 2.03 bits per heavy atom. The third-order valence-electron chi connectivity index (χ3n) is 9.75. The highest BCUT2D eigenvalue weighted by molar-refractivity contribution is 5.76. The second kappa shape index (κ2) is 7.36. The monoisotopic (exact) mass is 474 g/mol. The number of rotatable bonds is 5. The van der Waals surface area contributed by atoms with E-state index in [1.165, 1.54) is 18.4 Å². The van der Waals surface area contributed by atoms with Crippen molar-refractivity contribution in [1.82, 2.24) is 15.2 Å². The van der Waals surface area contributed by atoms with Gasteiger partial charge in [0.15, 0.2) is 11.5 Å². The summed E-state index contributed by atoms with van der Waals surface area (Å²) >= 11 is 0. The molecule has 7 rings (SSSR count). The maximum Gasteiger partial charge on any atom is 0.217 e. The van der Waals surface area contributed by atoms with Crippen molar-refractivity contribution in [2.45, 2.75) is 74.6 Å². The second-order valence-electron chi connectivity index (χ2n) is 11.4. The number of phenolic OH excluding ortho intramolecular Hbond substituents is 1. The number of likely N-dealkylation sites (N-methyl/N-ethyl adjacent to an activating group) is 1. The van der Waals surface area contributed by atoms with E-state index in [2.05, 4.69) is 33.2 Å². The Morgan fingerprint density at radius 3 is 2.77 bits per heavy atom. The summed E-state index contributed by atoms with van der Waals surface area (Å²) in [5.74, 6) is 1.68. The molecule has 7 heteroatoms. The largest absolute Gasteiger partial charge is 0.504 e. The fourth-order valence-corrected chi connectivity index (χ4v) is 8.24. The third kappa shape index (κ3) is 2.82. The maximum absolute atomic E-state index is 12.8. The molecular formula is C28H34N4O3. The number of ether oxygens (including phenoxy) is 1. The minimum atomic E-state index is -0.404. The summed E-state index contributed by atoms with van der Waals surface area (Å²) < 4.78 is 6.82. The normalized spacial score (nSPS) is 34.6. The lowest BCUT2D eigenvalue weighted by Gasteiger charge is -2.67. The number of hydrogen-bond acceptors (Lipinski definition) is 6. The number of aromatic nitrogens is 1. The average molecular weight is 475 g/mol. The molecule has 3 aliphatic carbocycles. The Balaban J connectivity index is 1.41. The Labute approximate surface area is 206 Å². The van der Waals surface area contributed by atoms with Crippen LogP contribution in [0.15, 0.2) is 36.7 Å². The van der Waals surface area contributed by atoms with Crippen LogP contribution < -0.4 is 15.0 Å². The van der Waals surface area contributed by atoms with E-state index < -0.39 is 5.54 Å². The number of likely N-dealkylation sites (tertiary alicyclic amines) is 1. The number of phenols is 1. The predicted octanol–water partition coefficient (Wildman–Crippen LogP) is 3.00. The standard InChI is InChI=1S/C28H34N4O3/c1-17(33)30-28-10-7-21(31(2)20-8-12-29-13-9-20)26-27(28)11-14-32(16-18-3-4-18)23(28)15-19-5-6-22(34)25(35-26)24(19)27/h5-6,8-9,12-13,18,21,23,26,34H,3-4,7,10-11,14-16H2,1-2H3,(H,30,33)/t21?,23-,26?,27+,28-/m1/s1. The predicted molar refractivity (Wildman–Crippen MR) is 133 cm³/mol. The molecule has 3 heterocycles. The number of piperidine rings is 1. The van der Waals surface area contributed by atoms with E-state index in [4.69, 9.17) is 4.74 Å². The van der Waals surface area contributed by atoms with Crippen LogP contribution in [-0.4, -0.2) is 64.8 Å². The summed E-state index contributed by atoms with van der Waals surface area (Å²) in [5, 5.41) is 14.5. The van der Waals surface area contributed by atoms with Crippen LogP contribution >= 0.6 is 0 Å². The number of benzene rings is 1. The number of aromatic hydroxyl groups is 1. The Hall–Kier alpha value is -2.80. The van der Waals surface area contributed by atoms with Gasteiger partial charge in [-0.1, -0.05) is 6.07 Å². The number of nitrogens with one attached hydrogen (secondary N) is 1. The summed E-state index contributed by atoms with van der Waals surface area (Å²) in [4.78, 5) is 22.0. The average Bonchev–Trinajstić information content (AvgIpc) is 3.59. The van der Waals surface area contributed by atoms with Crippen molar-refractivity contribution in [2.24, 2.45) is 5.92 Å². The summed E-state index contributed by atoms with van der Waals surface area (Å²) in [6.45, 7) is 3.78. The van der Waals surface area contributed by atoms with Crippen LogP contribution in [0, 0.1) is 5.92 Å². The van der Waals surface area contributed by atoms with Crippen LogP contribution in [0.3, 0.4) is 0 Å². The van der Waals surface area contributed by atoms with Gasteiger partial charge >= 0.3 is 0 Å². The summed E-state index contributed by atoms with van der Waals surface area (Å²) in [6, 6.07) is 8.34. The van der Waals surface area contributed by atoms with Gasteiger partial charge in [-0.2, -0.15) is 0 Å². The molecule has 7 nitrogen and oxygen atoms in total. The lowest BCUT2D eigenvalue weighted by Crippen LogP contribution is -2.83. The molecule has 5 aliphatic rings. The first-order valence-electron chi connectivity index (χ1n) is 13.1. The minimum absolute atomic E-state index is 0.0272. The summed E-state index contributed by atoms with van der Waals surface area (Å²) in [7, 11) is 2.14. The molecule has 2 aliphatic heterocycles. The fraction of sp³-hybridized carbons (Fsp3) is 0.571. The molecule has 2 unspecified atom stereocenters. The van der Waals surface area contributed by atoms with Gasteiger partial charge < -0.3 is 20.1 Å². The zero-order valence-corrected chi connectivity index (χ0v) is 20.5. The van der Waals surface area contributed by atoms with E-state index >= 15 is 0 Å². The van der Waals surface area contributed by atoms with Crippen LogP contribution in [0.5, 0.6) is 11.5 Å². The molecule has 184 valence electrons. The molecule has 1 aromatic carbocycles. The molecule has 2 bridgehead atoms. The van der Waals surface area contributed by atoms with Crippen LogP contribution in [0.4, 0.5) is 5.69 Å². The molecule has 0 radical (unpaired) electrons. The molecule has 2 saturated carbocycles. The van der Waals surface area contributed by atoms with Gasteiger partial charge in [-0.05, 0) is 74.8 Å². The van der Waals surface area contributed by atoms with E-state index in [1.807, 2.05) is 24.5 Å². The Bertz CT molecular complexity index is 1180. The van der Waals surface area contributed by atoms with Gasteiger partial charge in [-0.3, -0.25) is 14.7 Å². The first-order chi connectivity index (χ1) is 16.9. The fourth-order valence-electron chi connectivity index (χ4n) is 8.24. The number of pyridine rings is 1. The Morgan fingerprint density at radius 1 is 1.23 bits per heavy atom. The zero-order valence-electron chi connectivity index (χ0n) is 20.5. The van der Waals surface area contributed by atoms with Crippen LogP contribution in [-0.2, 0) is 16.6 Å². The van der Waals surface area contributed by atoms with Crippen molar-refractivity contribution < 1.29 is 14.6 Å². The summed E-state index contributed by atoms with van der Waals surface area (Å²) in [6.07, 6.45) is 9.75. The van der Waals surface area contributed by atoms with Gasteiger partial charge in [0.05, 0.1) is 17.0 Å². The van der Waals surface area contributed by atoms with Crippen molar-refractivity contribution in [2.75, 3.05) is 25.0 Å². The Kier molecular flexibility index (Phi) is 4.51. The van der Waals surface area contributed by atoms with E-state index in [-0.39, 0.29) is 35.3 Å². The number of amides is 1. The van der Waals surface area contributed by atoms with Gasteiger partial charge in [-0.25, -0.2) is 0 Å². The van der Waals surface area contributed by atoms with Gasteiger partial charge in [0.25, 0.3) is 0 Å². The molecule has 1 spiro atoms. The number of hydrogen-bond donors (Lipinski definition) is 2. The number of carbonyl (C=O) groups is 1. The molecular weight excluding hydrogens is 440 g/mol. The quantitative estimate of drug-likeness (QED) is 0.694. The molecule has 2 N–H and O–H groups in total. The first-order valence-corrected chi connectivity index (χ1v) is 13.1. The topological polar surface area (TPSA) is 77.9 Å². The highest BCUT2D eigenvalue weighted by atomic mass is 16.5. The van der Waals surface area contributed by atoms with Crippen LogP contribution in [0.1, 0.15) is 50.2 Å². The number of nitrogens with zero attached hydrogens (tertiary/aromatic N) is 3. The minimum Gasteiger partial charge on any atom is -0.504 e. The van der Waals surface area contributed by atoms with E-state index in [0.717, 1.165) is 55.9 Å². The highest BCUT2D eigenvalue weighted by Gasteiger charge is 2.74. The molecule has 3 fully saturated rings. The molecule has 1 saturated heterocycles. The van der Waals surface area contributed by atoms with E-state index in [0.29, 0.717) is 5.75 Å². The van der Waals surface area contributed by atoms with E-state index in [1.54, 1.807) is 13.0 Å². The van der Waals surface area contributed by atoms with Crippen molar-refractivity contribution in [3.8, 4) is 11.5 Å². The smallest absolute Gasteiger partial charge is 0.217 e. The zero-order chi connectivity index (χ0) is 23.9. The molecule has 5 atom stereocenters. The molecule has 35 heavy (non-hydrogen) atoms.